The fourth-order valence-corrected chi connectivity index (χ4v) is 2.45. The van der Waals surface area contributed by atoms with Gasteiger partial charge in [-0.2, -0.15) is 0 Å². The molecule has 4 heteroatoms. The summed E-state index contributed by atoms with van der Waals surface area (Å²) in [5, 5.41) is 13.8. The Kier molecular flexibility index (Phi) is 4.64. The van der Waals surface area contributed by atoms with Crippen LogP contribution in [-0.2, 0) is 6.42 Å². The van der Waals surface area contributed by atoms with Crippen molar-refractivity contribution in [3.8, 4) is 0 Å². The largest absolute Gasteiger partial charge is 0.391 e. The summed E-state index contributed by atoms with van der Waals surface area (Å²) in [6, 6.07) is 20.9. The highest BCUT2D eigenvalue weighted by molar-refractivity contribution is 5.94. The lowest BCUT2D eigenvalue weighted by atomic mass is 10.1. The van der Waals surface area contributed by atoms with E-state index in [0.717, 1.165) is 16.5 Å². The summed E-state index contributed by atoms with van der Waals surface area (Å²) in [6.07, 6.45) is -0.117. The second-order valence-corrected chi connectivity index (χ2v) is 5.44. The Bertz CT molecular complexity index is 803. The number of carbonyl (C=O) groups is 1. The number of rotatable bonds is 5. The van der Waals surface area contributed by atoms with Crippen molar-refractivity contribution in [1.82, 2.24) is 10.3 Å². The smallest absolute Gasteiger partial charge is 0.269 e. The molecule has 0 spiro atoms. The molecule has 1 aromatic heterocycles. The number of nitrogens with zero attached hydrogens (tertiary/aromatic N) is 1. The molecule has 23 heavy (non-hydrogen) atoms. The first-order valence-electron chi connectivity index (χ1n) is 7.58. The number of hydrogen-bond acceptors (Lipinski definition) is 3. The van der Waals surface area contributed by atoms with E-state index in [0.29, 0.717) is 12.1 Å². The van der Waals surface area contributed by atoms with Gasteiger partial charge in [0.25, 0.3) is 5.91 Å². The van der Waals surface area contributed by atoms with Crippen LogP contribution in [0.15, 0.2) is 66.7 Å². The highest BCUT2D eigenvalue weighted by atomic mass is 16.3. The fraction of sp³-hybridized carbons (Fsp3) is 0.158. The molecule has 1 amide bonds. The Morgan fingerprint density at radius 2 is 1.74 bits per heavy atom. The number of aromatic nitrogens is 1. The number of hydrogen-bond donors (Lipinski definition) is 2. The first-order valence-corrected chi connectivity index (χ1v) is 7.58. The van der Waals surface area contributed by atoms with Crippen molar-refractivity contribution in [3.05, 3.63) is 78.0 Å². The summed E-state index contributed by atoms with van der Waals surface area (Å²) in [6.45, 7) is 0.197. The summed E-state index contributed by atoms with van der Waals surface area (Å²) >= 11 is 0. The summed E-state index contributed by atoms with van der Waals surface area (Å²) in [5.41, 5.74) is 2.18. The van der Waals surface area contributed by atoms with Gasteiger partial charge in [-0.3, -0.25) is 4.79 Å². The van der Waals surface area contributed by atoms with Crippen LogP contribution in [0, 0.1) is 0 Å². The quantitative estimate of drug-likeness (QED) is 0.761. The number of amides is 1. The number of carbonyl (C=O) groups excluding carboxylic acids is 1. The van der Waals surface area contributed by atoms with Gasteiger partial charge in [0, 0.05) is 18.4 Å². The molecule has 3 rings (SSSR count). The molecule has 0 fully saturated rings. The van der Waals surface area contributed by atoms with E-state index in [2.05, 4.69) is 10.3 Å². The first-order chi connectivity index (χ1) is 11.2. The summed E-state index contributed by atoms with van der Waals surface area (Å²) in [7, 11) is 0. The van der Waals surface area contributed by atoms with E-state index >= 15 is 0 Å². The lowest BCUT2D eigenvalue weighted by molar-refractivity contribution is 0.0911. The zero-order valence-corrected chi connectivity index (χ0v) is 12.6. The molecule has 0 aliphatic heterocycles. The number of aliphatic hydroxyl groups is 1. The minimum atomic E-state index is -0.623. The van der Waals surface area contributed by atoms with E-state index in [1.54, 1.807) is 6.07 Å². The molecule has 1 atom stereocenters. The van der Waals surface area contributed by atoms with Crippen molar-refractivity contribution in [2.75, 3.05) is 6.54 Å². The molecule has 0 saturated carbocycles. The van der Waals surface area contributed by atoms with Gasteiger partial charge in [0.1, 0.15) is 5.69 Å². The van der Waals surface area contributed by atoms with E-state index < -0.39 is 6.10 Å². The van der Waals surface area contributed by atoms with Crippen molar-refractivity contribution in [2.45, 2.75) is 12.5 Å². The lowest BCUT2D eigenvalue weighted by Gasteiger charge is -2.12. The third-order valence-corrected chi connectivity index (χ3v) is 3.64. The van der Waals surface area contributed by atoms with Gasteiger partial charge < -0.3 is 10.4 Å². The van der Waals surface area contributed by atoms with E-state index in [1.165, 1.54) is 0 Å². The zero-order valence-electron chi connectivity index (χ0n) is 12.6. The Balaban J connectivity index is 1.59. The molecule has 0 aliphatic rings. The van der Waals surface area contributed by atoms with Crippen LogP contribution in [0.1, 0.15) is 16.1 Å². The van der Waals surface area contributed by atoms with Crippen LogP contribution in [-0.4, -0.2) is 28.6 Å². The standard InChI is InChI=1S/C19H18N2O2/c22-16(12-14-6-2-1-3-7-14)13-20-19(23)18-11-10-15-8-4-5-9-17(15)21-18/h1-11,16,22H,12-13H2,(H,20,23). The van der Waals surface area contributed by atoms with Crippen molar-refractivity contribution < 1.29 is 9.90 Å². The molecule has 0 saturated heterocycles. The second-order valence-electron chi connectivity index (χ2n) is 5.44. The number of aliphatic hydroxyl groups excluding tert-OH is 1. The molecule has 1 heterocycles. The predicted molar refractivity (Wildman–Crippen MR) is 90.2 cm³/mol. The highest BCUT2D eigenvalue weighted by Crippen LogP contribution is 2.11. The number of para-hydroxylation sites is 1. The van der Waals surface area contributed by atoms with Crippen LogP contribution in [0.5, 0.6) is 0 Å². The minimum Gasteiger partial charge on any atom is -0.391 e. The van der Waals surface area contributed by atoms with Crippen molar-refractivity contribution in [2.24, 2.45) is 0 Å². The van der Waals surface area contributed by atoms with Gasteiger partial charge in [-0.25, -0.2) is 4.98 Å². The molecule has 2 aromatic carbocycles. The molecule has 0 bridgehead atoms. The van der Waals surface area contributed by atoms with E-state index in [1.807, 2.05) is 60.7 Å². The molecular weight excluding hydrogens is 288 g/mol. The van der Waals surface area contributed by atoms with Crippen molar-refractivity contribution >= 4 is 16.8 Å². The van der Waals surface area contributed by atoms with E-state index in [-0.39, 0.29) is 12.5 Å². The minimum absolute atomic E-state index is 0.197. The first kappa shape index (κ1) is 15.2. The van der Waals surface area contributed by atoms with Gasteiger partial charge >= 0.3 is 0 Å². The molecule has 1 unspecified atom stereocenters. The van der Waals surface area contributed by atoms with Gasteiger partial charge in [-0.15, -0.1) is 0 Å². The Morgan fingerprint density at radius 1 is 1.00 bits per heavy atom. The SMILES string of the molecule is O=C(NCC(O)Cc1ccccc1)c1ccc2ccccc2n1. The van der Waals surface area contributed by atoms with E-state index in [9.17, 15) is 9.90 Å². The van der Waals surface area contributed by atoms with Crippen LogP contribution >= 0.6 is 0 Å². The topological polar surface area (TPSA) is 62.2 Å². The normalized spacial score (nSPS) is 12.0. The molecular formula is C19H18N2O2. The monoisotopic (exact) mass is 306 g/mol. The van der Waals surface area contributed by atoms with Crippen LogP contribution < -0.4 is 5.32 Å². The number of benzene rings is 2. The average molecular weight is 306 g/mol. The fourth-order valence-electron chi connectivity index (χ4n) is 2.45. The number of nitrogens with one attached hydrogen (secondary N) is 1. The predicted octanol–water partition coefficient (Wildman–Crippen LogP) is 2.57. The van der Waals surface area contributed by atoms with Gasteiger partial charge in [-0.05, 0) is 17.7 Å². The van der Waals surface area contributed by atoms with Crippen LogP contribution in [0.2, 0.25) is 0 Å². The Morgan fingerprint density at radius 3 is 2.57 bits per heavy atom. The van der Waals surface area contributed by atoms with Gasteiger partial charge in [0.15, 0.2) is 0 Å². The summed E-state index contributed by atoms with van der Waals surface area (Å²) < 4.78 is 0. The van der Waals surface area contributed by atoms with Gasteiger partial charge in [0.2, 0.25) is 0 Å². The van der Waals surface area contributed by atoms with Crippen LogP contribution in [0.3, 0.4) is 0 Å². The summed E-state index contributed by atoms with van der Waals surface area (Å²) in [5.74, 6) is -0.275. The third-order valence-electron chi connectivity index (χ3n) is 3.64. The van der Waals surface area contributed by atoms with Gasteiger partial charge in [-0.1, -0.05) is 54.6 Å². The molecule has 0 radical (unpaired) electrons. The highest BCUT2D eigenvalue weighted by Gasteiger charge is 2.11. The zero-order chi connectivity index (χ0) is 16.1. The molecule has 0 aliphatic carbocycles. The Hall–Kier alpha value is -2.72. The van der Waals surface area contributed by atoms with Gasteiger partial charge in [0.05, 0.1) is 11.6 Å². The maximum Gasteiger partial charge on any atom is 0.269 e. The van der Waals surface area contributed by atoms with Crippen molar-refractivity contribution in [3.63, 3.8) is 0 Å². The molecule has 2 N–H and O–H groups in total. The third kappa shape index (κ3) is 3.93. The maximum atomic E-state index is 12.2. The van der Waals surface area contributed by atoms with Crippen LogP contribution in [0.4, 0.5) is 0 Å². The number of pyridine rings is 1. The van der Waals surface area contributed by atoms with E-state index in [4.69, 9.17) is 0 Å². The second kappa shape index (κ2) is 7.03. The lowest BCUT2D eigenvalue weighted by Crippen LogP contribution is -2.33. The Labute approximate surface area is 134 Å². The summed E-state index contributed by atoms with van der Waals surface area (Å²) in [4.78, 5) is 16.5. The average Bonchev–Trinajstić information content (AvgIpc) is 2.60. The van der Waals surface area contributed by atoms with Crippen LogP contribution in [0.25, 0.3) is 10.9 Å². The molecule has 3 aromatic rings. The maximum absolute atomic E-state index is 12.2. The molecule has 116 valence electrons. The molecule has 4 nitrogen and oxygen atoms in total. The number of fused-ring (bicyclic) bond motifs is 1. The van der Waals surface area contributed by atoms with Crippen molar-refractivity contribution in [1.29, 1.82) is 0 Å².